The van der Waals surface area contributed by atoms with Crippen molar-refractivity contribution in [2.45, 2.75) is 26.7 Å². The molecule has 0 aromatic carbocycles. The molecular weight excluding hydrogens is 318 g/mol. The minimum absolute atomic E-state index is 0.00728. The van der Waals surface area contributed by atoms with Crippen LogP contribution in [-0.2, 0) is 9.53 Å². The summed E-state index contributed by atoms with van der Waals surface area (Å²) in [5, 5.41) is 2.94. The number of aryl methyl sites for hydroxylation is 2. The Morgan fingerprint density at radius 2 is 2.16 bits per heavy atom. The zero-order chi connectivity index (χ0) is 17.8. The summed E-state index contributed by atoms with van der Waals surface area (Å²) in [7, 11) is 1.63. The van der Waals surface area contributed by atoms with E-state index in [0.29, 0.717) is 25.3 Å². The van der Waals surface area contributed by atoms with Gasteiger partial charge in [0.15, 0.2) is 5.65 Å². The topological polar surface area (TPSA) is 80.2 Å². The summed E-state index contributed by atoms with van der Waals surface area (Å²) in [6.45, 7) is 6.61. The standard InChI is InChI=1S/C18H25N5O2/c1-12-13(2)22-17-16(21-12)9-15(10-20-17)23-7-4-5-14(11-23)18(24)19-6-8-25-3/h9-10,14H,4-8,11H2,1-3H3,(H,19,24)/t14-/m1/s1. The lowest BCUT2D eigenvalue weighted by atomic mass is 9.97. The Hall–Kier alpha value is -2.28. The van der Waals surface area contributed by atoms with E-state index in [9.17, 15) is 4.79 Å². The predicted molar refractivity (Wildman–Crippen MR) is 96.6 cm³/mol. The molecule has 3 heterocycles. The van der Waals surface area contributed by atoms with Crippen molar-refractivity contribution >= 4 is 22.8 Å². The smallest absolute Gasteiger partial charge is 0.224 e. The first-order chi connectivity index (χ1) is 12.1. The van der Waals surface area contributed by atoms with Gasteiger partial charge in [-0.3, -0.25) is 4.79 Å². The highest BCUT2D eigenvalue weighted by atomic mass is 16.5. The van der Waals surface area contributed by atoms with Crippen molar-refractivity contribution in [3.63, 3.8) is 0 Å². The highest BCUT2D eigenvalue weighted by Gasteiger charge is 2.26. The molecule has 0 aliphatic carbocycles. The lowest BCUT2D eigenvalue weighted by Gasteiger charge is -2.33. The number of methoxy groups -OCH3 is 1. The van der Waals surface area contributed by atoms with Gasteiger partial charge in [0.05, 0.1) is 35.8 Å². The maximum atomic E-state index is 12.3. The number of pyridine rings is 1. The molecule has 0 bridgehead atoms. The largest absolute Gasteiger partial charge is 0.383 e. The Labute approximate surface area is 147 Å². The Morgan fingerprint density at radius 1 is 1.36 bits per heavy atom. The SMILES string of the molecule is COCCNC(=O)[C@@H]1CCCN(c2cnc3nc(C)c(C)nc3c2)C1. The Balaban J connectivity index is 1.73. The number of carbonyl (C=O) groups excluding carboxylic acids is 1. The van der Waals surface area contributed by atoms with Crippen LogP contribution in [0.2, 0.25) is 0 Å². The van der Waals surface area contributed by atoms with Crippen molar-refractivity contribution in [1.29, 1.82) is 0 Å². The summed E-state index contributed by atoms with van der Waals surface area (Å²) in [5.41, 5.74) is 4.28. The molecule has 7 heteroatoms. The first kappa shape index (κ1) is 17.5. The van der Waals surface area contributed by atoms with E-state index in [2.05, 4.69) is 25.2 Å². The monoisotopic (exact) mass is 343 g/mol. The molecule has 0 saturated carbocycles. The lowest BCUT2D eigenvalue weighted by Crippen LogP contribution is -2.43. The number of nitrogens with one attached hydrogen (secondary N) is 1. The van der Waals surface area contributed by atoms with Crippen LogP contribution in [0, 0.1) is 19.8 Å². The highest BCUT2D eigenvalue weighted by Crippen LogP contribution is 2.25. The zero-order valence-corrected chi connectivity index (χ0v) is 15.1. The van der Waals surface area contributed by atoms with Gasteiger partial charge in [-0.05, 0) is 32.8 Å². The summed E-state index contributed by atoms with van der Waals surface area (Å²) in [6, 6.07) is 2.02. The summed E-state index contributed by atoms with van der Waals surface area (Å²) < 4.78 is 4.98. The molecule has 2 aromatic heterocycles. The summed E-state index contributed by atoms with van der Waals surface area (Å²) >= 11 is 0. The van der Waals surface area contributed by atoms with Gasteiger partial charge < -0.3 is 15.0 Å². The van der Waals surface area contributed by atoms with Crippen LogP contribution in [0.5, 0.6) is 0 Å². The number of hydrogen-bond acceptors (Lipinski definition) is 6. The fourth-order valence-electron chi connectivity index (χ4n) is 3.12. The quantitative estimate of drug-likeness (QED) is 0.831. The summed E-state index contributed by atoms with van der Waals surface area (Å²) in [6.07, 6.45) is 3.73. The van der Waals surface area contributed by atoms with Gasteiger partial charge in [0.2, 0.25) is 5.91 Å². The van der Waals surface area contributed by atoms with Crippen LogP contribution in [0.4, 0.5) is 5.69 Å². The molecule has 0 radical (unpaired) electrons. The third kappa shape index (κ3) is 4.04. The molecule has 1 fully saturated rings. The number of amides is 1. The number of piperidine rings is 1. The number of carbonyl (C=O) groups is 1. The van der Waals surface area contributed by atoms with Gasteiger partial charge in [0, 0.05) is 26.7 Å². The first-order valence-electron chi connectivity index (χ1n) is 8.71. The Morgan fingerprint density at radius 3 is 2.96 bits per heavy atom. The van der Waals surface area contributed by atoms with E-state index in [1.807, 2.05) is 26.1 Å². The van der Waals surface area contributed by atoms with E-state index in [4.69, 9.17) is 4.74 Å². The van der Waals surface area contributed by atoms with Crippen LogP contribution in [0.3, 0.4) is 0 Å². The molecule has 7 nitrogen and oxygen atoms in total. The van der Waals surface area contributed by atoms with Crippen LogP contribution in [0.25, 0.3) is 11.2 Å². The van der Waals surface area contributed by atoms with Crippen LogP contribution in [0.15, 0.2) is 12.3 Å². The van der Waals surface area contributed by atoms with Crippen molar-refractivity contribution in [3.05, 3.63) is 23.7 Å². The molecule has 134 valence electrons. The van der Waals surface area contributed by atoms with Crippen molar-refractivity contribution < 1.29 is 9.53 Å². The van der Waals surface area contributed by atoms with E-state index >= 15 is 0 Å². The summed E-state index contributed by atoms with van der Waals surface area (Å²) in [4.78, 5) is 28.1. The number of nitrogens with zero attached hydrogens (tertiary/aromatic N) is 4. The average molecular weight is 343 g/mol. The Bertz CT molecular complexity index is 764. The van der Waals surface area contributed by atoms with E-state index in [1.54, 1.807) is 7.11 Å². The minimum atomic E-state index is -0.00728. The van der Waals surface area contributed by atoms with Crippen LogP contribution in [-0.4, -0.2) is 54.2 Å². The van der Waals surface area contributed by atoms with E-state index in [-0.39, 0.29) is 11.8 Å². The molecule has 1 N–H and O–H groups in total. The fraction of sp³-hybridized carbons (Fsp3) is 0.556. The highest BCUT2D eigenvalue weighted by molar-refractivity contribution is 5.80. The molecule has 1 aliphatic heterocycles. The molecule has 1 atom stereocenters. The van der Waals surface area contributed by atoms with Crippen molar-refractivity contribution in [2.75, 3.05) is 38.3 Å². The second kappa shape index (κ2) is 7.74. The van der Waals surface area contributed by atoms with Gasteiger partial charge in [-0.1, -0.05) is 0 Å². The van der Waals surface area contributed by atoms with Crippen LogP contribution < -0.4 is 10.2 Å². The van der Waals surface area contributed by atoms with E-state index in [0.717, 1.165) is 42.0 Å². The number of fused-ring (bicyclic) bond motifs is 1. The van der Waals surface area contributed by atoms with Crippen molar-refractivity contribution in [2.24, 2.45) is 5.92 Å². The number of ether oxygens (including phenoxy) is 1. The van der Waals surface area contributed by atoms with Gasteiger partial charge in [-0.2, -0.15) is 0 Å². The number of hydrogen-bond donors (Lipinski definition) is 1. The van der Waals surface area contributed by atoms with Crippen LogP contribution >= 0.6 is 0 Å². The first-order valence-corrected chi connectivity index (χ1v) is 8.71. The molecule has 1 aliphatic rings. The second-order valence-electron chi connectivity index (χ2n) is 6.50. The van der Waals surface area contributed by atoms with Gasteiger partial charge >= 0.3 is 0 Å². The second-order valence-corrected chi connectivity index (χ2v) is 6.50. The normalized spacial score (nSPS) is 17.7. The Kier molecular flexibility index (Phi) is 5.43. The fourth-order valence-corrected chi connectivity index (χ4v) is 3.12. The third-order valence-corrected chi connectivity index (χ3v) is 4.68. The minimum Gasteiger partial charge on any atom is -0.383 e. The molecule has 1 amide bonds. The molecule has 0 spiro atoms. The van der Waals surface area contributed by atoms with Gasteiger partial charge in [-0.25, -0.2) is 15.0 Å². The maximum absolute atomic E-state index is 12.3. The van der Waals surface area contributed by atoms with Gasteiger partial charge in [-0.15, -0.1) is 0 Å². The van der Waals surface area contributed by atoms with Crippen LogP contribution in [0.1, 0.15) is 24.2 Å². The lowest BCUT2D eigenvalue weighted by molar-refractivity contribution is -0.125. The molecular formula is C18H25N5O2. The number of anilines is 1. The maximum Gasteiger partial charge on any atom is 0.224 e. The zero-order valence-electron chi connectivity index (χ0n) is 15.1. The molecule has 1 saturated heterocycles. The van der Waals surface area contributed by atoms with Gasteiger partial charge in [0.1, 0.15) is 5.52 Å². The van der Waals surface area contributed by atoms with Gasteiger partial charge in [0.25, 0.3) is 0 Å². The van der Waals surface area contributed by atoms with E-state index < -0.39 is 0 Å². The molecule has 2 aromatic rings. The van der Waals surface area contributed by atoms with Crippen molar-refractivity contribution in [3.8, 4) is 0 Å². The number of aromatic nitrogens is 3. The molecule has 25 heavy (non-hydrogen) atoms. The van der Waals surface area contributed by atoms with E-state index in [1.165, 1.54) is 0 Å². The average Bonchev–Trinajstić information content (AvgIpc) is 2.62. The predicted octanol–water partition coefficient (Wildman–Crippen LogP) is 1.62. The van der Waals surface area contributed by atoms with Crippen molar-refractivity contribution in [1.82, 2.24) is 20.3 Å². The molecule has 3 rings (SSSR count). The molecule has 0 unspecified atom stereocenters. The number of rotatable bonds is 5. The third-order valence-electron chi connectivity index (χ3n) is 4.68. The summed E-state index contributed by atoms with van der Waals surface area (Å²) in [5.74, 6) is 0.0916.